The Morgan fingerprint density at radius 1 is 1.46 bits per heavy atom. The van der Waals surface area contributed by atoms with Crippen LogP contribution < -0.4 is 5.32 Å². The summed E-state index contributed by atoms with van der Waals surface area (Å²) in [6.45, 7) is 3.09. The predicted octanol–water partition coefficient (Wildman–Crippen LogP) is 2.97. The molecule has 2 N–H and O–H groups in total. The minimum Gasteiger partial charge on any atom is -0.438 e. The molecule has 0 saturated carbocycles. The highest BCUT2D eigenvalue weighted by Gasteiger charge is 2.22. The number of aliphatic hydroxyl groups is 1. The Balaban J connectivity index is 1.63. The lowest BCUT2D eigenvalue weighted by Gasteiger charge is -2.29. The molecule has 6 nitrogen and oxygen atoms in total. The van der Waals surface area contributed by atoms with Crippen LogP contribution in [0, 0.1) is 6.92 Å². The second-order valence-electron chi connectivity index (χ2n) is 5.93. The third-order valence-electron chi connectivity index (χ3n) is 4.02. The largest absolute Gasteiger partial charge is 0.438 e. The molecule has 1 fully saturated rings. The lowest BCUT2D eigenvalue weighted by atomic mass is 10.1. The third-order valence-corrected chi connectivity index (χ3v) is 4.27. The van der Waals surface area contributed by atoms with E-state index < -0.39 is 6.10 Å². The fraction of sp³-hybridized carbons (Fsp3) is 0.412. The van der Waals surface area contributed by atoms with Gasteiger partial charge in [0.2, 0.25) is 5.89 Å². The van der Waals surface area contributed by atoms with Crippen LogP contribution in [0.1, 0.15) is 24.4 Å². The van der Waals surface area contributed by atoms with Gasteiger partial charge in [-0.25, -0.2) is 9.78 Å². The van der Waals surface area contributed by atoms with Crippen LogP contribution in [0.4, 0.5) is 4.79 Å². The Labute approximate surface area is 145 Å². The number of nitrogens with one attached hydrogen (secondary N) is 1. The van der Waals surface area contributed by atoms with E-state index in [0.717, 1.165) is 24.1 Å². The molecule has 1 aliphatic heterocycles. The number of aryl methyl sites for hydroxylation is 1. The Hall–Kier alpha value is -2.05. The van der Waals surface area contributed by atoms with Crippen LogP contribution >= 0.6 is 11.6 Å². The molecule has 0 aliphatic carbocycles. The van der Waals surface area contributed by atoms with Gasteiger partial charge in [-0.2, -0.15) is 0 Å². The van der Waals surface area contributed by atoms with E-state index in [4.69, 9.17) is 16.0 Å². The van der Waals surface area contributed by atoms with Crippen molar-refractivity contribution in [2.75, 3.05) is 13.1 Å². The first-order valence-electron chi connectivity index (χ1n) is 7.96. The number of carbonyl (C=O) groups excluding carboxylic acids is 1. The highest BCUT2D eigenvalue weighted by molar-refractivity contribution is 6.30. The molecule has 2 aromatic rings. The smallest absolute Gasteiger partial charge is 0.317 e. The summed E-state index contributed by atoms with van der Waals surface area (Å²) >= 11 is 5.90. The van der Waals surface area contributed by atoms with Gasteiger partial charge in [0.1, 0.15) is 0 Å². The van der Waals surface area contributed by atoms with E-state index in [1.54, 1.807) is 17.0 Å². The molecule has 3 rings (SSSR count). The second kappa shape index (κ2) is 7.23. The first-order chi connectivity index (χ1) is 11.5. The average Bonchev–Trinajstić information content (AvgIpc) is 2.94. The van der Waals surface area contributed by atoms with Crippen molar-refractivity contribution in [3.8, 4) is 11.3 Å². The van der Waals surface area contributed by atoms with Gasteiger partial charge in [0.15, 0.2) is 5.76 Å². The molecule has 1 atom stereocenters. The lowest BCUT2D eigenvalue weighted by Crippen LogP contribution is -2.46. The summed E-state index contributed by atoms with van der Waals surface area (Å²) < 4.78 is 5.76. The van der Waals surface area contributed by atoms with Crippen molar-refractivity contribution in [3.63, 3.8) is 0 Å². The Bertz CT molecular complexity index is 714. The number of benzene rings is 1. The van der Waals surface area contributed by atoms with Gasteiger partial charge >= 0.3 is 6.03 Å². The van der Waals surface area contributed by atoms with Gasteiger partial charge < -0.3 is 19.7 Å². The average molecular weight is 350 g/mol. The Morgan fingerprint density at radius 2 is 2.21 bits per heavy atom. The number of rotatable bonds is 3. The normalized spacial score (nSPS) is 17.8. The minimum absolute atomic E-state index is 0.208. The minimum atomic E-state index is -0.440. The highest BCUT2D eigenvalue weighted by Crippen LogP contribution is 2.25. The maximum absolute atomic E-state index is 12.1. The van der Waals surface area contributed by atoms with Crippen molar-refractivity contribution < 1.29 is 14.3 Å². The number of hydrogen-bond donors (Lipinski definition) is 2. The van der Waals surface area contributed by atoms with Crippen LogP contribution in [-0.4, -0.2) is 40.2 Å². The van der Waals surface area contributed by atoms with Gasteiger partial charge in [0, 0.05) is 23.7 Å². The third kappa shape index (κ3) is 3.88. The van der Waals surface area contributed by atoms with Gasteiger partial charge in [0.05, 0.1) is 18.3 Å². The molecule has 2 heterocycles. The SMILES string of the molecule is Cc1nc(CNC(=O)N2CCCC(O)C2)oc1-c1ccc(Cl)cc1. The van der Waals surface area contributed by atoms with E-state index in [1.165, 1.54) is 0 Å². The van der Waals surface area contributed by atoms with Crippen LogP contribution in [-0.2, 0) is 6.54 Å². The topological polar surface area (TPSA) is 78.6 Å². The van der Waals surface area contributed by atoms with Gasteiger partial charge in [-0.1, -0.05) is 11.6 Å². The van der Waals surface area contributed by atoms with Crippen molar-refractivity contribution in [2.45, 2.75) is 32.4 Å². The summed E-state index contributed by atoms with van der Waals surface area (Å²) in [4.78, 5) is 18.1. The fourth-order valence-electron chi connectivity index (χ4n) is 2.80. The summed E-state index contributed by atoms with van der Waals surface area (Å²) in [6.07, 6.45) is 1.12. The van der Waals surface area contributed by atoms with Crippen molar-refractivity contribution >= 4 is 17.6 Å². The van der Waals surface area contributed by atoms with Gasteiger partial charge in [-0.15, -0.1) is 0 Å². The number of aromatic nitrogens is 1. The van der Waals surface area contributed by atoms with E-state index in [0.29, 0.717) is 29.8 Å². The zero-order valence-corrected chi connectivity index (χ0v) is 14.2. The molecule has 128 valence electrons. The van der Waals surface area contributed by atoms with Crippen LogP contribution in [0.25, 0.3) is 11.3 Å². The molecule has 1 aromatic carbocycles. The molecular formula is C17H20ClN3O3. The molecule has 24 heavy (non-hydrogen) atoms. The number of nitrogens with zero attached hydrogens (tertiary/aromatic N) is 2. The first-order valence-corrected chi connectivity index (χ1v) is 8.34. The van der Waals surface area contributed by atoms with E-state index in [-0.39, 0.29) is 12.6 Å². The number of halogens is 1. The molecule has 0 spiro atoms. The van der Waals surface area contributed by atoms with Gasteiger partial charge in [-0.3, -0.25) is 0 Å². The molecule has 0 radical (unpaired) electrons. The molecule has 2 amide bonds. The molecule has 1 saturated heterocycles. The number of aliphatic hydroxyl groups excluding tert-OH is 1. The summed E-state index contributed by atoms with van der Waals surface area (Å²) in [5.41, 5.74) is 1.65. The first kappa shape index (κ1) is 16.8. The number of carbonyl (C=O) groups is 1. The van der Waals surface area contributed by atoms with Crippen molar-refractivity contribution in [2.24, 2.45) is 0 Å². The molecule has 1 aromatic heterocycles. The number of oxazole rings is 1. The quantitative estimate of drug-likeness (QED) is 0.893. The molecule has 0 bridgehead atoms. The fourth-order valence-corrected chi connectivity index (χ4v) is 2.93. The van der Waals surface area contributed by atoms with Crippen molar-refractivity contribution in [3.05, 3.63) is 40.9 Å². The summed E-state index contributed by atoms with van der Waals surface area (Å²) in [5.74, 6) is 1.12. The molecule has 1 aliphatic rings. The zero-order valence-electron chi connectivity index (χ0n) is 13.5. The van der Waals surface area contributed by atoms with Crippen LogP contribution in [0.15, 0.2) is 28.7 Å². The summed E-state index contributed by atoms with van der Waals surface area (Å²) in [5, 5.41) is 13.1. The number of hydrogen-bond acceptors (Lipinski definition) is 4. The predicted molar refractivity (Wildman–Crippen MR) is 90.7 cm³/mol. The summed E-state index contributed by atoms with van der Waals surface area (Å²) in [6, 6.07) is 7.11. The van der Waals surface area contributed by atoms with Crippen LogP contribution in [0.3, 0.4) is 0 Å². The number of urea groups is 1. The number of piperidine rings is 1. The van der Waals surface area contributed by atoms with Crippen LogP contribution in [0.5, 0.6) is 0 Å². The van der Waals surface area contributed by atoms with Crippen molar-refractivity contribution in [1.82, 2.24) is 15.2 Å². The molecule has 1 unspecified atom stereocenters. The van der Waals surface area contributed by atoms with E-state index in [2.05, 4.69) is 10.3 Å². The maximum atomic E-state index is 12.1. The monoisotopic (exact) mass is 349 g/mol. The Morgan fingerprint density at radius 3 is 2.92 bits per heavy atom. The second-order valence-corrected chi connectivity index (χ2v) is 6.37. The standard InChI is InChI=1S/C17H20ClN3O3/c1-11-16(12-4-6-13(18)7-5-12)24-15(20-11)9-19-17(23)21-8-2-3-14(22)10-21/h4-7,14,22H,2-3,8-10H2,1H3,(H,19,23). The summed E-state index contributed by atoms with van der Waals surface area (Å²) in [7, 11) is 0. The lowest BCUT2D eigenvalue weighted by molar-refractivity contribution is 0.0840. The van der Waals surface area contributed by atoms with E-state index in [1.807, 2.05) is 19.1 Å². The number of amides is 2. The zero-order chi connectivity index (χ0) is 17.1. The number of β-amino-alcohol motifs (C(OH)–C–C–N with tert-alkyl or cyclic N) is 1. The van der Waals surface area contributed by atoms with E-state index >= 15 is 0 Å². The Kier molecular flexibility index (Phi) is 5.06. The van der Waals surface area contributed by atoms with Crippen LogP contribution in [0.2, 0.25) is 5.02 Å². The van der Waals surface area contributed by atoms with Gasteiger partial charge in [0.25, 0.3) is 0 Å². The molecular weight excluding hydrogens is 330 g/mol. The number of likely N-dealkylation sites (tertiary alicyclic amines) is 1. The van der Waals surface area contributed by atoms with E-state index in [9.17, 15) is 9.90 Å². The van der Waals surface area contributed by atoms with Gasteiger partial charge in [-0.05, 0) is 44.0 Å². The highest BCUT2D eigenvalue weighted by atomic mass is 35.5. The maximum Gasteiger partial charge on any atom is 0.317 e. The van der Waals surface area contributed by atoms with Crippen molar-refractivity contribution in [1.29, 1.82) is 0 Å². The molecule has 7 heteroatoms.